The first kappa shape index (κ1) is 11.2. The van der Waals surface area contributed by atoms with Gasteiger partial charge in [-0.2, -0.15) is 0 Å². The van der Waals surface area contributed by atoms with Gasteiger partial charge in [-0.25, -0.2) is 4.98 Å². The van der Waals surface area contributed by atoms with Gasteiger partial charge in [0.15, 0.2) is 5.13 Å². The zero-order valence-electron chi connectivity index (χ0n) is 9.24. The topological polar surface area (TPSA) is 16.1 Å². The molecule has 0 bridgehead atoms. The van der Waals surface area contributed by atoms with Crippen molar-refractivity contribution in [1.29, 1.82) is 0 Å². The van der Waals surface area contributed by atoms with Crippen LogP contribution in [0.4, 0.5) is 5.13 Å². The molecule has 1 saturated heterocycles. The fourth-order valence-corrected chi connectivity index (χ4v) is 3.27. The Kier molecular flexibility index (Phi) is 3.52. The molecule has 0 spiro atoms. The molecule has 0 N–H and O–H groups in total. The van der Waals surface area contributed by atoms with E-state index in [1.165, 1.54) is 12.1 Å². The molecule has 0 amide bonds. The van der Waals surface area contributed by atoms with Crippen LogP contribution in [0.1, 0.15) is 32.4 Å². The molecule has 15 heavy (non-hydrogen) atoms. The van der Waals surface area contributed by atoms with Gasteiger partial charge in [-0.15, -0.1) is 22.9 Å². The Morgan fingerprint density at radius 3 is 3.13 bits per heavy atom. The number of halogens is 1. The summed E-state index contributed by atoms with van der Waals surface area (Å²) in [5.74, 6) is 0. The van der Waals surface area contributed by atoms with E-state index >= 15 is 0 Å². The number of hydrogen-bond donors (Lipinski definition) is 0. The van der Waals surface area contributed by atoms with Crippen molar-refractivity contribution < 1.29 is 0 Å². The molecule has 0 aromatic carbocycles. The van der Waals surface area contributed by atoms with Crippen molar-refractivity contribution in [3.05, 3.63) is 11.1 Å². The van der Waals surface area contributed by atoms with Crippen molar-refractivity contribution in [1.82, 2.24) is 4.98 Å². The quantitative estimate of drug-likeness (QED) is 0.743. The Bertz CT molecular complexity index is 326. The largest absolute Gasteiger partial charge is 0.344 e. The molecule has 84 valence electrons. The number of anilines is 1. The average molecular weight is 245 g/mol. The number of aryl methyl sites for hydroxylation is 1. The maximum atomic E-state index is 6.29. The van der Waals surface area contributed by atoms with Crippen LogP contribution in [0.15, 0.2) is 5.38 Å². The Morgan fingerprint density at radius 2 is 2.47 bits per heavy atom. The Hall–Kier alpha value is -0.280. The van der Waals surface area contributed by atoms with Crippen LogP contribution in [0.5, 0.6) is 0 Å². The monoisotopic (exact) mass is 244 g/mol. The van der Waals surface area contributed by atoms with Gasteiger partial charge >= 0.3 is 0 Å². The SMILES string of the molecule is CCc1csc(N2CCCC(Cl)C2C)n1. The van der Waals surface area contributed by atoms with Crippen LogP contribution in [0.25, 0.3) is 0 Å². The molecule has 0 aliphatic carbocycles. The minimum absolute atomic E-state index is 0.271. The third-order valence-corrected chi connectivity index (χ3v) is 4.55. The number of alkyl halides is 1. The molecule has 2 unspecified atom stereocenters. The fourth-order valence-electron chi connectivity index (χ4n) is 1.96. The predicted molar refractivity (Wildman–Crippen MR) is 67.2 cm³/mol. The smallest absolute Gasteiger partial charge is 0.185 e. The molecule has 1 fully saturated rings. The molecule has 1 aromatic rings. The second-order valence-corrected chi connectivity index (χ2v) is 5.46. The van der Waals surface area contributed by atoms with Crippen LogP contribution >= 0.6 is 22.9 Å². The zero-order chi connectivity index (χ0) is 10.8. The lowest BCUT2D eigenvalue weighted by molar-refractivity contribution is 0.491. The van der Waals surface area contributed by atoms with Gasteiger partial charge in [0.1, 0.15) is 0 Å². The Labute approximate surface area is 100 Å². The number of nitrogens with zero attached hydrogens (tertiary/aromatic N) is 2. The summed E-state index contributed by atoms with van der Waals surface area (Å²) in [6.45, 7) is 5.44. The van der Waals surface area contributed by atoms with E-state index in [1.54, 1.807) is 11.3 Å². The van der Waals surface area contributed by atoms with Gasteiger partial charge in [0, 0.05) is 18.0 Å². The molecular formula is C11H17ClN2S. The minimum Gasteiger partial charge on any atom is -0.344 e. The molecule has 2 nitrogen and oxygen atoms in total. The van der Waals surface area contributed by atoms with E-state index in [9.17, 15) is 0 Å². The summed E-state index contributed by atoms with van der Waals surface area (Å²) in [6.07, 6.45) is 3.33. The number of aromatic nitrogens is 1. The van der Waals surface area contributed by atoms with Gasteiger partial charge in [-0.3, -0.25) is 0 Å². The van der Waals surface area contributed by atoms with E-state index in [2.05, 4.69) is 29.1 Å². The fraction of sp³-hybridized carbons (Fsp3) is 0.727. The molecule has 1 aliphatic rings. The third-order valence-electron chi connectivity index (χ3n) is 3.04. The van der Waals surface area contributed by atoms with E-state index in [1.807, 2.05) is 0 Å². The molecule has 0 radical (unpaired) electrons. The van der Waals surface area contributed by atoms with Crippen molar-refractivity contribution in [2.24, 2.45) is 0 Å². The van der Waals surface area contributed by atoms with Crippen LogP contribution in [-0.2, 0) is 6.42 Å². The highest BCUT2D eigenvalue weighted by molar-refractivity contribution is 7.13. The number of rotatable bonds is 2. The summed E-state index contributed by atoms with van der Waals surface area (Å²) in [4.78, 5) is 6.98. The lowest BCUT2D eigenvalue weighted by atomic mass is 10.0. The maximum Gasteiger partial charge on any atom is 0.185 e. The summed E-state index contributed by atoms with van der Waals surface area (Å²) in [7, 11) is 0. The molecule has 0 saturated carbocycles. The summed E-state index contributed by atoms with van der Waals surface area (Å²) in [5.41, 5.74) is 1.19. The Balaban J connectivity index is 2.14. The minimum atomic E-state index is 0.271. The first-order chi connectivity index (χ1) is 7.22. The molecule has 2 atom stereocenters. The van der Waals surface area contributed by atoms with E-state index in [4.69, 9.17) is 11.6 Å². The molecule has 2 rings (SSSR count). The van der Waals surface area contributed by atoms with Crippen LogP contribution in [0.3, 0.4) is 0 Å². The van der Waals surface area contributed by atoms with Crippen molar-refractivity contribution in [3.8, 4) is 0 Å². The van der Waals surface area contributed by atoms with Crippen LogP contribution < -0.4 is 4.90 Å². The third kappa shape index (κ3) is 2.28. The highest BCUT2D eigenvalue weighted by atomic mass is 35.5. The number of hydrogen-bond acceptors (Lipinski definition) is 3. The van der Waals surface area contributed by atoms with Gasteiger partial charge < -0.3 is 4.90 Å². The lowest BCUT2D eigenvalue weighted by Gasteiger charge is -2.36. The first-order valence-corrected chi connectivity index (χ1v) is 6.89. The molecule has 4 heteroatoms. The lowest BCUT2D eigenvalue weighted by Crippen LogP contribution is -2.44. The highest BCUT2D eigenvalue weighted by Gasteiger charge is 2.27. The van der Waals surface area contributed by atoms with Crippen molar-refractivity contribution in [2.75, 3.05) is 11.4 Å². The standard InChI is InChI=1S/C11H17ClN2S/c1-3-9-7-15-11(13-9)14-6-4-5-10(12)8(14)2/h7-8,10H,3-6H2,1-2H3. The number of piperidine rings is 1. The van der Waals surface area contributed by atoms with Gasteiger partial charge in [0.2, 0.25) is 0 Å². The predicted octanol–water partition coefficient (Wildman–Crippen LogP) is 3.30. The highest BCUT2D eigenvalue weighted by Crippen LogP contribution is 2.30. The molecule has 2 heterocycles. The van der Waals surface area contributed by atoms with Crippen molar-refractivity contribution in [2.45, 2.75) is 44.5 Å². The van der Waals surface area contributed by atoms with Gasteiger partial charge in [-0.1, -0.05) is 6.92 Å². The zero-order valence-corrected chi connectivity index (χ0v) is 10.8. The first-order valence-electron chi connectivity index (χ1n) is 5.57. The van der Waals surface area contributed by atoms with E-state index in [0.29, 0.717) is 6.04 Å². The second kappa shape index (κ2) is 4.71. The van der Waals surface area contributed by atoms with Gasteiger partial charge in [0.25, 0.3) is 0 Å². The summed E-state index contributed by atoms with van der Waals surface area (Å²) in [6, 6.07) is 0.413. The van der Waals surface area contributed by atoms with Crippen LogP contribution in [0.2, 0.25) is 0 Å². The van der Waals surface area contributed by atoms with Gasteiger partial charge in [0.05, 0.1) is 11.1 Å². The van der Waals surface area contributed by atoms with E-state index in [0.717, 1.165) is 24.5 Å². The summed E-state index contributed by atoms with van der Waals surface area (Å²) < 4.78 is 0. The van der Waals surface area contributed by atoms with Crippen molar-refractivity contribution in [3.63, 3.8) is 0 Å². The van der Waals surface area contributed by atoms with E-state index < -0.39 is 0 Å². The molecule has 1 aliphatic heterocycles. The van der Waals surface area contributed by atoms with Crippen LogP contribution in [0, 0.1) is 0 Å². The van der Waals surface area contributed by atoms with Crippen LogP contribution in [-0.4, -0.2) is 22.9 Å². The molecular weight excluding hydrogens is 228 g/mol. The van der Waals surface area contributed by atoms with E-state index in [-0.39, 0.29) is 5.38 Å². The summed E-state index contributed by atoms with van der Waals surface area (Å²) in [5, 5.41) is 3.57. The Morgan fingerprint density at radius 1 is 1.67 bits per heavy atom. The second-order valence-electron chi connectivity index (χ2n) is 4.07. The summed E-state index contributed by atoms with van der Waals surface area (Å²) >= 11 is 8.03. The normalized spacial score (nSPS) is 27.0. The number of thiazole rings is 1. The van der Waals surface area contributed by atoms with Crippen molar-refractivity contribution >= 4 is 28.1 Å². The maximum absolute atomic E-state index is 6.29. The average Bonchev–Trinajstić information content (AvgIpc) is 2.70. The molecule has 1 aromatic heterocycles. The van der Waals surface area contributed by atoms with Gasteiger partial charge in [-0.05, 0) is 26.2 Å².